The average Bonchev–Trinajstić information content (AvgIpc) is 3.23. The van der Waals surface area contributed by atoms with E-state index in [1.807, 2.05) is 13.8 Å². The molecule has 0 bridgehead atoms. The van der Waals surface area contributed by atoms with Crippen molar-refractivity contribution in [3.63, 3.8) is 0 Å². The number of nitrogens with zero attached hydrogens (tertiary/aromatic N) is 2. The molecule has 6 nitrogen and oxygen atoms in total. The Kier molecular flexibility index (Phi) is 4.83. The van der Waals surface area contributed by atoms with Gasteiger partial charge in [0.25, 0.3) is 0 Å². The van der Waals surface area contributed by atoms with E-state index in [0.29, 0.717) is 33.4 Å². The van der Waals surface area contributed by atoms with Gasteiger partial charge < -0.3 is 4.74 Å². The molecule has 0 saturated heterocycles. The van der Waals surface area contributed by atoms with Crippen molar-refractivity contribution in [1.82, 2.24) is 14.7 Å². The third kappa shape index (κ3) is 3.81. The molecule has 0 atom stereocenters. The molecule has 1 N–H and O–H groups in total. The van der Waals surface area contributed by atoms with E-state index in [1.54, 1.807) is 0 Å². The highest BCUT2D eigenvalue weighted by Crippen LogP contribution is 2.37. The maximum atomic E-state index is 12.7. The van der Waals surface area contributed by atoms with Crippen LogP contribution in [0.1, 0.15) is 32.4 Å². The lowest BCUT2D eigenvalue weighted by atomic mass is 10.1. The van der Waals surface area contributed by atoms with Crippen molar-refractivity contribution in [2.24, 2.45) is 0 Å². The summed E-state index contributed by atoms with van der Waals surface area (Å²) in [4.78, 5) is 8.47. The summed E-state index contributed by atoms with van der Waals surface area (Å²) >= 11 is 9.38. The van der Waals surface area contributed by atoms with Crippen LogP contribution in [0.5, 0.6) is 0 Å². The van der Waals surface area contributed by atoms with Crippen LogP contribution in [0.3, 0.4) is 0 Å². The second-order valence-corrected chi connectivity index (χ2v) is 9.04. The fraction of sp³-hybridized carbons (Fsp3) is 0.375. The first-order chi connectivity index (χ1) is 11.6. The Hall–Kier alpha value is -1.22. The maximum Gasteiger partial charge on any atom is 0.241 e. The molecule has 0 unspecified atom stereocenters. The van der Waals surface area contributed by atoms with Gasteiger partial charge >= 0.3 is 0 Å². The first-order valence-corrected chi connectivity index (χ1v) is 10.3. The Morgan fingerprint density at radius 2 is 2.12 bits per heavy atom. The van der Waals surface area contributed by atoms with Gasteiger partial charge in [0.15, 0.2) is 0 Å². The van der Waals surface area contributed by atoms with Crippen LogP contribution < -0.4 is 4.72 Å². The van der Waals surface area contributed by atoms with E-state index >= 15 is 0 Å². The summed E-state index contributed by atoms with van der Waals surface area (Å²) < 4.78 is 34.1. The molecule has 3 rings (SSSR count). The third-order valence-corrected chi connectivity index (χ3v) is 6.37. The molecule has 1 aliphatic carbocycles. The van der Waals surface area contributed by atoms with Crippen LogP contribution in [-0.4, -0.2) is 30.5 Å². The number of hydrogen-bond donors (Lipinski definition) is 1. The molecule has 0 spiro atoms. The molecule has 1 aromatic carbocycles. The van der Waals surface area contributed by atoms with E-state index in [2.05, 4.69) is 37.2 Å². The molecule has 134 valence electrons. The van der Waals surface area contributed by atoms with E-state index in [-0.39, 0.29) is 15.7 Å². The van der Waals surface area contributed by atoms with Gasteiger partial charge in [0.2, 0.25) is 15.3 Å². The van der Waals surface area contributed by atoms with Crippen molar-refractivity contribution in [1.29, 1.82) is 0 Å². The van der Waals surface area contributed by atoms with Crippen molar-refractivity contribution in [3.8, 4) is 0 Å². The molecular weight excluding hydrogens is 430 g/mol. The molecule has 1 heterocycles. The Labute approximate surface area is 159 Å². The lowest BCUT2D eigenvalue weighted by Crippen LogP contribution is -2.34. The van der Waals surface area contributed by atoms with Gasteiger partial charge in [-0.1, -0.05) is 6.58 Å². The molecule has 1 saturated carbocycles. The Bertz CT molecular complexity index is 974. The van der Waals surface area contributed by atoms with E-state index in [1.165, 1.54) is 12.1 Å². The monoisotopic (exact) mass is 445 g/mol. The SMILES string of the molecule is C=C(OCC)c1nc(Cl)nc2c(Br)cc(S(=O)(=O)NC3(C)CC3)cc12. The summed E-state index contributed by atoms with van der Waals surface area (Å²) in [6.07, 6.45) is 1.65. The summed E-state index contributed by atoms with van der Waals surface area (Å²) in [5.74, 6) is 0.306. The second-order valence-electron chi connectivity index (χ2n) is 6.16. The highest BCUT2D eigenvalue weighted by Gasteiger charge is 2.41. The van der Waals surface area contributed by atoms with Gasteiger partial charge in [-0.15, -0.1) is 0 Å². The van der Waals surface area contributed by atoms with Crippen molar-refractivity contribution in [2.75, 3.05) is 6.61 Å². The van der Waals surface area contributed by atoms with Crippen LogP contribution in [0.15, 0.2) is 28.1 Å². The second kappa shape index (κ2) is 6.50. The lowest BCUT2D eigenvalue weighted by molar-refractivity contribution is 0.298. The van der Waals surface area contributed by atoms with E-state index in [0.717, 1.165) is 12.8 Å². The minimum absolute atomic E-state index is 0.0308. The molecule has 2 aromatic rings. The molecule has 0 radical (unpaired) electrons. The Balaban J connectivity index is 2.18. The fourth-order valence-corrected chi connectivity index (χ4v) is 4.81. The quantitative estimate of drug-likeness (QED) is 0.538. The highest BCUT2D eigenvalue weighted by atomic mass is 79.9. The summed E-state index contributed by atoms with van der Waals surface area (Å²) in [6.45, 7) is 7.95. The molecule has 1 aliphatic rings. The molecule has 9 heteroatoms. The van der Waals surface area contributed by atoms with E-state index in [4.69, 9.17) is 16.3 Å². The van der Waals surface area contributed by atoms with Gasteiger partial charge in [-0.05, 0) is 66.4 Å². The zero-order valence-corrected chi connectivity index (χ0v) is 16.9. The van der Waals surface area contributed by atoms with Crippen LogP contribution in [-0.2, 0) is 14.8 Å². The van der Waals surface area contributed by atoms with Gasteiger partial charge in [-0.2, -0.15) is 0 Å². The van der Waals surface area contributed by atoms with Crippen molar-refractivity contribution in [2.45, 2.75) is 37.1 Å². The maximum absolute atomic E-state index is 12.7. The van der Waals surface area contributed by atoms with Gasteiger partial charge in [0.1, 0.15) is 11.5 Å². The van der Waals surface area contributed by atoms with Crippen LogP contribution >= 0.6 is 27.5 Å². The van der Waals surface area contributed by atoms with Crippen LogP contribution in [0.4, 0.5) is 0 Å². The number of sulfonamides is 1. The molecule has 1 fully saturated rings. The van der Waals surface area contributed by atoms with Crippen LogP contribution in [0.25, 0.3) is 16.7 Å². The van der Waals surface area contributed by atoms with E-state index in [9.17, 15) is 8.42 Å². The number of aromatic nitrogens is 2. The molecular formula is C16H17BrClN3O3S. The van der Waals surface area contributed by atoms with Gasteiger partial charge in [0.05, 0.1) is 17.0 Å². The number of halogens is 2. The largest absolute Gasteiger partial charge is 0.492 e. The lowest BCUT2D eigenvalue weighted by Gasteiger charge is -2.15. The third-order valence-electron chi connectivity index (χ3n) is 3.97. The number of ether oxygens (including phenoxy) is 1. The minimum atomic E-state index is -3.67. The number of benzene rings is 1. The average molecular weight is 447 g/mol. The number of fused-ring (bicyclic) bond motifs is 1. The van der Waals surface area contributed by atoms with Gasteiger partial charge in [-0.25, -0.2) is 23.1 Å². The summed E-state index contributed by atoms with van der Waals surface area (Å²) in [6, 6.07) is 3.02. The molecule has 0 aliphatic heterocycles. The topological polar surface area (TPSA) is 81.2 Å². The summed E-state index contributed by atoms with van der Waals surface area (Å²) in [7, 11) is -3.67. The van der Waals surface area contributed by atoms with Gasteiger partial charge in [0, 0.05) is 15.4 Å². The Morgan fingerprint density at radius 1 is 1.44 bits per heavy atom. The van der Waals surface area contributed by atoms with Crippen molar-refractivity contribution in [3.05, 3.63) is 34.2 Å². The number of hydrogen-bond acceptors (Lipinski definition) is 5. The Morgan fingerprint density at radius 3 is 2.72 bits per heavy atom. The first-order valence-electron chi connectivity index (χ1n) is 7.68. The molecule has 0 amide bonds. The fourth-order valence-electron chi connectivity index (χ4n) is 2.42. The summed E-state index contributed by atoms with van der Waals surface area (Å²) in [5.41, 5.74) is 0.494. The predicted molar refractivity (Wildman–Crippen MR) is 101 cm³/mol. The van der Waals surface area contributed by atoms with Crippen LogP contribution in [0.2, 0.25) is 5.28 Å². The molecule has 1 aromatic heterocycles. The number of rotatable bonds is 6. The standard InChI is InChI=1S/C16H17BrClN3O3S/c1-4-24-9(2)13-11-7-10(25(22,23)21-16(3)5-6-16)8-12(17)14(11)20-15(18)19-13/h7-8,21H,2,4-6H2,1,3H3. The van der Waals surface area contributed by atoms with E-state index < -0.39 is 10.0 Å². The summed E-state index contributed by atoms with van der Waals surface area (Å²) in [5, 5.41) is 0.529. The zero-order valence-electron chi connectivity index (χ0n) is 13.8. The molecule has 25 heavy (non-hydrogen) atoms. The smallest absolute Gasteiger partial charge is 0.241 e. The van der Waals surface area contributed by atoms with Crippen molar-refractivity contribution < 1.29 is 13.2 Å². The normalized spacial score (nSPS) is 16.0. The minimum Gasteiger partial charge on any atom is -0.492 e. The highest BCUT2D eigenvalue weighted by molar-refractivity contribution is 9.10. The van der Waals surface area contributed by atoms with Crippen molar-refractivity contribution >= 4 is 54.2 Å². The van der Waals surface area contributed by atoms with Crippen LogP contribution in [0, 0.1) is 0 Å². The first kappa shape index (κ1) is 18.6. The number of nitrogens with one attached hydrogen (secondary N) is 1. The van der Waals surface area contributed by atoms with Gasteiger partial charge in [-0.3, -0.25) is 0 Å². The zero-order chi connectivity index (χ0) is 18.4. The predicted octanol–water partition coefficient (Wildman–Crippen LogP) is 3.88.